The van der Waals surface area contributed by atoms with Crippen molar-refractivity contribution >= 4 is 80.4 Å². The molecule has 0 spiro atoms. The highest BCUT2D eigenvalue weighted by atomic mass is 79.9. The van der Waals surface area contributed by atoms with Crippen molar-refractivity contribution in [3.8, 4) is 5.75 Å². The Hall–Kier alpha value is -2.14. The fourth-order valence-corrected chi connectivity index (χ4v) is 7.67. The monoisotopic (exact) mass is 603 g/mol. The molecule has 184 valence electrons. The van der Waals surface area contributed by atoms with Crippen LogP contribution < -0.4 is 5.73 Å². The number of carbonyl (C=O) groups is 5. The van der Waals surface area contributed by atoms with Gasteiger partial charge in [-0.25, -0.2) is 4.79 Å². The van der Waals surface area contributed by atoms with Crippen molar-refractivity contribution in [1.82, 2.24) is 9.80 Å². The Morgan fingerprint density at radius 3 is 2.46 bits per heavy atom. The number of hydrogen-bond acceptors (Lipinski definition) is 6. The fraction of sp³-hybridized carbons (Fsp3) is 0.409. The van der Waals surface area contributed by atoms with E-state index in [1.807, 2.05) is 0 Å². The molecule has 6 amide bonds. The largest absolute Gasteiger partial charge is 0.508 e. The van der Waals surface area contributed by atoms with E-state index in [9.17, 15) is 29.1 Å². The molecule has 6 unspecified atom stereocenters. The van der Waals surface area contributed by atoms with E-state index in [4.69, 9.17) is 40.5 Å². The van der Waals surface area contributed by atoms with Crippen molar-refractivity contribution in [3.05, 3.63) is 40.4 Å². The van der Waals surface area contributed by atoms with Gasteiger partial charge in [0.2, 0.25) is 11.8 Å². The Kier molecular flexibility index (Phi) is 5.56. The van der Waals surface area contributed by atoms with Gasteiger partial charge in [-0.05, 0) is 37.0 Å². The van der Waals surface area contributed by atoms with E-state index in [0.29, 0.717) is 10.5 Å². The second kappa shape index (κ2) is 7.93. The quantitative estimate of drug-likeness (QED) is 0.230. The predicted octanol–water partition coefficient (Wildman–Crippen LogP) is 2.84. The number of allylic oxidation sites excluding steroid dienone is 2. The summed E-state index contributed by atoms with van der Waals surface area (Å²) in [6, 6.07) is 2.99. The summed E-state index contributed by atoms with van der Waals surface area (Å²) in [5, 5.41) is 11.0. The molecule has 2 aliphatic heterocycles. The molecule has 9 nitrogen and oxygen atoms in total. The Morgan fingerprint density at radius 2 is 1.83 bits per heavy atom. The van der Waals surface area contributed by atoms with Crippen molar-refractivity contribution in [2.45, 2.75) is 28.5 Å². The zero-order chi connectivity index (χ0) is 25.6. The highest BCUT2D eigenvalue weighted by molar-refractivity contribution is 9.09. The number of urea groups is 1. The summed E-state index contributed by atoms with van der Waals surface area (Å²) >= 11 is 23.4. The van der Waals surface area contributed by atoms with Crippen molar-refractivity contribution in [2.75, 3.05) is 5.45 Å². The third-order valence-electron chi connectivity index (χ3n) is 7.54. The number of phenolic OH excluding ortho intramolecular Hbond substituents is 1. The molecular weight excluding hydrogens is 589 g/mol. The normalized spacial score (nSPS) is 36.2. The van der Waals surface area contributed by atoms with E-state index in [0.717, 1.165) is 4.90 Å². The number of halogens is 4. The van der Waals surface area contributed by atoms with E-state index in [1.165, 1.54) is 18.2 Å². The first-order chi connectivity index (χ1) is 16.4. The van der Waals surface area contributed by atoms with Crippen LogP contribution in [0.15, 0.2) is 29.8 Å². The minimum atomic E-state index is -2.06. The lowest BCUT2D eigenvalue weighted by atomic mass is 9.56. The van der Waals surface area contributed by atoms with Gasteiger partial charge in [0.05, 0.1) is 17.3 Å². The molecule has 2 heterocycles. The maximum absolute atomic E-state index is 13.6. The second-order valence-corrected chi connectivity index (χ2v) is 11.2. The summed E-state index contributed by atoms with van der Waals surface area (Å²) in [5.41, 5.74) is 5.72. The standard InChI is InChI=1S/C22H17BrCl3N3O6/c23-7-28-18(33)21(25)6-12-9(2-3-10-14(12)17(32)29(16(10)31)20(27)35)15(22(21,26)19(28)34)11-5-8(24)1-4-13(11)30/h1-2,4-5,10,12,14-15,30H,3,6-7H2,(H2,27,35). The molecule has 1 saturated carbocycles. The zero-order valence-electron chi connectivity index (χ0n) is 17.7. The Balaban J connectivity index is 1.76. The number of phenols is 1. The number of likely N-dealkylation sites (tertiary alicyclic amines) is 2. The summed E-state index contributed by atoms with van der Waals surface area (Å²) in [5.74, 6) is -7.24. The Labute approximate surface area is 222 Å². The van der Waals surface area contributed by atoms with Crippen LogP contribution in [0.5, 0.6) is 5.75 Å². The number of fused-ring (bicyclic) bond motifs is 4. The van der Waals surface area contributed by atoms with Crippen LogP contribution in [0.2, 0.25) is 5.02 Å². The van der Waals surface area contributed by atoms with Crippen LogP contribution in [-0.2, 0) is 19.2 Å². The van der Waals surface area contributed by atoms with Crippen molar-refractivity contribution in [1.29, 1.82) is 0 Å². The van der Waals surface area contributed by atoms with Crippen molar-refractivity contribution in [2.24, 2.45) is 23.5 Å². The number of imide groups is 4. The first-order valence-corrected chi connectivity index (χ1v) is 12.8. The lowest BCUT2D eigenvalue weighted by Crippen LogP contribution is -2.60. The average Bonchev–Trinajstić information content (AvgIpc) is 3.14. The molecular formula is C22H17BrCl3N3O6. The van der Waals surface area contributed by atoms with Crippen LogP contribution in [0.3, 0.4) is 0 Å². The SMILES string of the molecule is NC(=O)N1C(=O)C2CC=C3C(CC4(Cl)C(=O)N(CBr)C(=O)C4(Cl)C3c3cc(Cl)ccc3O)C2C1=O. The van der Waals surface area contributed by atoms with Gasteiger partial charge in [-0.15, -0.1) is 23.2 Å². The summed E-state index contributed by atoms with van der Waals surface area (Å²) in [4.78, 5) is 62.1. The van der Waals surface area contributed by atoms with Gasteiger partial charge in [-0.1, -0.05) is 39.2 Å². The predicted molar refractivity (Wildman–Crippen MR) is 128 cm³/mol. The van der Waals surface area contributed by atoms with Gasteiger partial charge in [0.1, 0.15) is 5.75 Å². The topological polar surface area (TPSA) is 138 Å². The maximum Gasteiger partial charge on any atom is 0.328 e. The lowest BCUT2D eigenvalue weighted by Gasteiger charge is -2.50. The number of carbonyl (C=O) groups excluding carboxylic acids is 5. The molecule has 2 aliphatic carbocycles. The zero-order valence-corrected chi connectivity index (χ0v) is 21.6. The smallest absolute Gasteiger partial charge is 0.328 e. The minimum Gasteiger partial charge on any atom is -0.508 e. The number of aromatic hydroxyl groups is 1. The van der Waals surface area contributed by atoms with Crippen LogP contribution in [0.4, 0.5) is 4.79 Å². The van der Waals surface area contributed by atoms with Crippen LogP contribution in [0, 0.1) is 17.8 Å². The molecule has 6 atom stereocenters. The van der Waals surface area contributed by atoms with Gasteiger partial charge in [0, 0.05) is 16.5 Å². The molecule has 0 bridgehead atoms. The number of amides is 6. The summed E-state index contributed by atoms with van der Waals surface area (Å²) in [7, 11) is 0. The van der Waals surface area contributed by atoms with Crippen LogP contribution in [-0.4, -0.2) is 59.8 Å². The first kappa shape index (κ1) is 24.5. The van der Waals surface area contributed by atoms with E-state index in [-0.39, 0.29) is 34.6 Å². The lowest BCUT2D eigenvalue weighted by molar-refractivity contribution is -0.139. The number of nitrogens with zero attached hydrogens (tertiary/aromatic N) is 2. The van der Waals surface area contributed by atoms with E-state index >= 15 is 0 Å². The number of benzene rings is 1. The molecule has 1 aromatic carbocycles. The number of hydrogen-bond donors (Lipinski definition) is 2. The molecule has 3 fully saturated rings. The van der Waals surface area contributed by atoms with Gasteiger partial charge >= 0.3 is 6.03 Å². The molecule has 4 aliphatic rings. The molecule has 0 radical (unpaired) electrons. The minimum absolute atomic E-state index is 0.0647. The second-order valence-electron chi connectivity index (χ2n) is 9.04. The Bertz CT molecular complexity index is 1270. The van der Waals surface area contributed by atoms with Crippen LogP contribution in [0.1, 0.15) is 24.3 Å². The molecule has 35 heavy (non-hydrogen) atoms. The van der Waals surface area contributed by atoms with Crippen LogP contribution in [0.25, 0.3) is 0 Å². The van der Waals surface area contributed by atoms with Crippen molar-refractivity contribution in [3.63, 3.8) is 0 Å². The van der Waals surface area contributed by atoms with Gasteiger partial charge in [0.15, 0.2) is 9.75 Å². The number of primary amides is 1. The summed E-state index contributed by atoms with van der Waals surface area (Å²) in [6.45, 7) is 0. The Morgan fingerprint density at radius 1 is 1.14 bits per heavy atom. The summed E-state index contributed by atoms with van der Waals surface area (Å²) in [6.07, 6.45) is 1.49. The molecule has 0 aromatic heterocycles. The average molecular weight is 606 g/mol. The van der Waals surface area contributed by atoms with E-state index in [2.05, 4.69) is 15.9 Å². The number of nitrogens with two attached hydrogens (primary N) is 1. The molecule has 5 rings (SSSR count). The fourth-order valence-electron chi connectivity index (χ4n) is 6.07. The van der Waals surface area contributed by atoms with Gasteiger partial charge in [-0.3, -0.25) is 24.1 Å². The van der Waals surface area contributed by atoms with Crippen molar-refractivity contribution < 1.29 is 29.1 Å². The molecule has 1 aromatic rings. The highest BCUT2D eigenvalue weighted by Gasteiger charge is 2.76. The summed E-state index contributed by atoms with van der Waals surface area (Å²) < 4.78 is 0. The molecule has 13 heteroatoms. The molecule has 2 saturated heterocycles. The number of alkyl halides is 3. The number of rotatable bonds is 2. The maximum atomic E-state index is 13.6. The third kappa shape index (κ3) is 2.97. The molecule has 3 N–H and O–H groups in total. The van der Waals surface area contributed by atoms with Crippen LogP contribution >= 0.6 is 50.7 Å². The third-order valence-corrected chi connectivity index (χ3v) is 9.69. The van der Waals surface area contributed by atoms with E-state index in [1.54, 1.807) is 6.08 Å². The van der Waals surface area contributed by atoms with Gasteiger partial charge in [0.25, 0.3) is 11.8 Å². The van der Waals surface area contributed by atoms with Gasteiger partial charge in [-0.2, -0.15) is 4.90 Å². The first-order valence-electron chi connectivity index (χ1n) is 10.6. The van der Waals surface area contributed by atoms with E-state index < -0.39 is 63.1 Å². The van der Waals surface area contributed by atoms with Gasteiger partial charge < -0.3 is 10.8 Å². The highest BCUT2D eigenvalue weighted by Crippen LogP contribution is 2.66.